The molecule has 0 bridgehead atoms. The first-order valence-electron chi connectivity index (χ1n) is 1.98. The van der Waals surface area contributed by atoms with E-state index in [1.807, 2.05) is 0 Å². The third kappa shape index (κ3) is 10.9. The predicted molar refractivity (Wildman–Crippen MR) is 27.9 cm³/mol. The van der Waals surface area contributed by atoms with E-state index in [0.717, 1.165) is 6.92 Å². The molecule has 0 spiro atoms. The number of carbonyl (C=O) groups excluding carboxylic acids is 1. The quantitative estimate of drug-likeness (QED) is 0.483. The highest BCUT2D eigenvalue weighted by Crippen LogP contribution is 1.73. The van der Waals surface area contributed by atoms with Crippen molar-refractivity contribution in [1.29, 1.82) is 0 Å². The number of rotatable bonds is 2. The van der Waals surface area contributed by atoms with Crippen LogP contribution in [0.2, 0.25) is 0 Å². The second-order valence-corrected chi connectivity index (χ2v) is 1.17. The molecule has 3 N–H and O–H groups in total. The molecule has 0 aromatic rings. The lowest BCUT2D eigenvalue weighted by molar-refractivity contribution is -0.153. The molecule has 0 saturated carbocycles. The fraction of sp³-hybridized carbons (Fsp3) is 0.500. The molecule has 0 radical (unpaired) electrons. The van der Waals surface area contributed by atoms with Gasteiger partial charge in [-0.05, 0) is 0 Å². The Kier molecular flexibility index (Phi) is 6.06. The van der Waals surface area contributed by atoms with Crippen molar-refractivity contribution in [1.82, 2.24) is 0 Å². The van der Waals surface area contributed by atoms with Crippen molar-refractivity contribution in [2.45, 2.75) is 6.92 Å². The molecular formula is C4H8O5. The van der Waals surface area contributed by atoms with Crippen LogP contribution in [0.15, 0.2) is 0 Å². The molecule has 54 valence electrons. The molecule has 0 atom stereocenters. The van der Waals surface area contributed by atoms with Crippen molar-refractivity contribution in [2.24, 2.45) is 0 Å². The highest BCUT2D eigenvalue weighted by molar-refractivity contribution is 5.73. The van der Waals surface area contributed by atoms with E-state index in [4.69, 9.17) is 5.11 Å². The second kappa shape index (κ2) is 5.04. The van der Waals surface area contributed by atoms with Crippen LogP contribution >= 0.6 is 0 Å². The molecule has 5 heteroatoms. The second-order valence-electron chi connectivity index (χ2n) is 1.17. The van der Waals surface area contributed by atoms with Gasteiger partial charge in [0.1, 0.15) is 0 Å². The summed E-state index contributed by atoms with van der Waals surface area (Å²) in [6.45, 7) is 0.609. The number of carboxylic acid groups (broad SMARTS) is 1. The molecule has 0 amide bonds. The van der Waals surface area contributed by atoms with Gasteiger partial charge in [0, 0.05) is 6.92 Å². The summed E-state index contributed by atoms with van der Waals surface area (Å²) in [5.74, 6) is -1.72. The average Bonchev–Trinajstić information content (AvgIpc) is 1.61. The van der Waals surface area contributed by atoms with E-state index in [1.165, 1.54) is 0 Å². The zero-order chi connectivity index (χ0) is 6.57. The summed E-state index contributed by atoms with van der Waals surface area (Å²) >= 11 is 0. The monoisotopic (exact) mass is 136 g/mol. The fourth-order valence-corrected chi connectivity index (χ4v) is 0.163. The van der Waals surface area contributed by atoms with Gasteiger partial charge in [-0.3, -0.25) is 4.79 Å². The van der Waals surface area contributed by atoms with E-state index in [0.29, 0.717) is 0 Å². The van der Waals surface area contributed by atoms with Crippen LogP contribution in [0, 0.1) is 0 Å². The number of ether oxygens (including phenoxy) is 1. The minimum atomic E-state index is -1.14. The first kappa shape index (κ1) is 10.8. The Balaban J connectivity index is 0. The lowest BCUT2D eigenvalue weighted by atomic mass is 10.7. The van der Waals surface area contributed by atoms with Crippen LogP contribution in [0.3, 0.4) is 0 Å². The molecule has 0 aromatic carbocycles. The van der Waals surface area contributed by atoms with Crippen LogP contribution in [-0.4, -0.2) is 29.1 Å². The standard InChI is InChI=1S/C4H6O4.H2O/c1-3(5)8-2-4(6)7;/h2H2,1H3,(H,6,7);1H2. The van der Waals surface area contributed by atoms with Crippen molar-refractivity contribution in [2.75, 3.05) is 6.61 Å². The molecular weight excluding hydrogens is 128 g/mol. The number of carboxylic acids is 1. The fourth-order valence-electron chi connectivity index (χ4n) is 0.163. The Morgan fingerprint density at radius 3 is 2.11 bits per heavy atom. The van der Waals surface area contributed by atoms with Crippen molar-refractivity contribution in [3.8, 4) is 0 Å². The van der Waals surface area contributed by atoms with Gasteiger partial charge < -0.3 is 15.3 Å². The number of esters is 1. The summed E-state index contributed by atoms with van der Waals surface area (Å²) in [4.78, 5) is 19.5. The smallest absolute Gasteiger partial charge is 0.341 e. The number of hydrogen-bond donors (Lipinski definition) is 1. The number of aliphatic carboxylic acids is 1. The van der Waals surface area contributed by atoms with Gasteiger partial charge in [0.25, 0.3) is 0 Å². The first-order chi connectivity index (χ1) is 3.63. The van der Waals surface area contributed by atoms with Gasteiger partial charge in [-0.1, -0.05) is 0 Å². The van der Waals surface area contributed by atoms with E-state index in [-0.39, 0.29) is 5.48 Å². The highest BCUT2D eigenvalue weighted by Gasteiger charge is 1.97. The van der Waals surface area contributed by atoms with E-state index in [2.05, 4.69) is 4.74 Å². The van der Waals surface area contributed by atoms with Crippen molar-refractivity contribution < 1.29 is 24.9 Å². The summed E-state index contributed by atoms with van der Waals surface area (Å²) in [5, 5.41) is 7.89. The average molecular weight is 136 g/mol. The lowest BCUT2D eigenvalue weighted by Gasteiger charge is -1.92. The van der Waals surface area contributed by atoms with E-state index in [1.54, 1.807) is 0 Å². The maximum Gasteiger partial charge on any atom is 0.341 e. The molecule has 0 heterocycles. The van der Waals surface area contributed by atoms with Crippen LogP contribution < -0.4 is 0 Å². The first-order valence-corrected chi connectivity index (χ1v) is 1.98. The van der Waals surface area contributed by atoms with E-state index in [9.17, 15) is 9.59 Å². The number of hydrogen-bond acceptors (Lipinski definition) is 3. The molecule has 0 rings (SSSR count). The zero-order valence-corrected chi connectivity index (χ0v) is 4.88. The van der Waals surface area contributed by atoms with Crippen LogP contribution in [0.25, 0.3) is 0 Å². The summed E-state index contributed by atoms with van der Waals surface area (Å²) in [6.07, 6.45) is 0. The summed E-state index contributed by atoms with van der Waals surface area (Å²) in [7, 11) is 0. The third-order valence-corrected chi connectivity index (χ3v) is 0.399. The van der Waals surface area contributed by atoms with Crippen LogP contribution in [-0.2, 0) is 14.3 Å². The van der Waals surface area contributed by atoms with Crippen molar-refractivity contribution >= 4 is 11.9 Å². The minimum absolute atomic E-state index is 0. The van der Waals surface area contributed by atoms with Gasteiger partial charge in [-0.15, -0.1) is 0 Å². The zero-order valence-electron chi connectivity index (χ0n) is 4.88. The Hall–Kier alpha value is -1.10. The van der Waals surface area contributed by atoms with Crippen LogP contribution in [0.4, 0.5) is 0 Å². The molecule has 0 fully saturated rings. The molecule has 0 aromatic heterocycles. The van der Waals surface area contributed by atoms with Gasteiger partial charge in [0.05, 0.1) is 0 Å². The molecule has 0 aliphatic heterocycles. The summed E-state index contributed by atoms with van der Waals surface area (Å²) in [6, 6.07) is 0. The van der Waals surface area contributed by atoms with Crippen molar-refractivity contribution in [3.63, 3.8) is 0 Å². The Bertz CT molecular complexity index is 93.5. The van der Waals surface area contributed by atoms with Gasteiger partial charge >= 0.3 is 11.9 Å². The molecule has 0 unspecified atom stereocenters. The summed E-state index contributed by atoms with van der Waals surface area (Å²) < 4.78 is 4.06. The Morgan fingerprint density at radius 2 is 2.00 bits per heavy atom. The predicted octanol–water partition coefficient (Wildman–Crippen LogP) is -1.19. The maximum atomic E-state index is 9.86. The lowest BCUT2D eigenvalue weighted by Crippen LogP contribution is -2.09. The van der Waals surface area contributed by atoms with Crippen molar-refractivity contribution in [3.05, 3.63) is 0 Å². The SMILES string of the molecule is CC(=O)OCC(=O)O.O. The number of carbonyl (C=O) groups is 2. The van der Waals surface area contributed by atoms with Gasteiger partial charge in [-0.25, -0.2) is 4.79 Å². The molecule has 0 aliphatic rings. The third-order valence-electron chi connectivity index (χ3n) is 0.399. The minimum Gasteiger partial charge on any atom is -0.479 e. The molecule has 5 nitrogen and oxygen atoms in total. The van der Waals surface area contributed by atoms with Gasteiger partial charge in [0.2, 0.25) is 0 Å². The maximum absolute atomic E-state index is 9.86. The van der Waals surface area contributed by atoms with E-state index < -0.39 is 18.5 Å². The molecule has 9 heavy (non-hydrogen) atoms. The molecule has 0 saturated heterocycles. The normalized spacial score (nSPS) is 7.22. The Labute approximate surface area is 51.5 Å². The van der Waals surface area contributed by atoms with Crippen LogP contribution in [0.1, 0.15) is 6.92 Å². The van der Waals surface area contributed by atoms with E-state index >= 15 is 0 Å². The van der Waals surface area contributed by atoms with Gasteiger partial charge in [0.15, 0.2) is 6.61 Å². The van der Waals surface area contributed by atoms with Crippen LogP contribution in [0.5, 0.6) is 0 Å². The largest absolute Gasteiger partial charge is 0.479 e. The highest BCUT2D eigenvalue weighted by atomic mass is 16.5. The topological polar surface area (TPSA) is 95.1 Å². The van der Waals surface area contributed by atoms with Gasteiger partial charge in [-0.2, -0.15) is 0 Å². The Morgan fingerprint density at radius 1 is 1.56 bits per heavy atom. The molecule has 0 aliphatic carbocycles. The summed E-state index contributed by atoms with van der Waals surface area (Å²) in [5.41, 5.74) is 0.